The summed E-state index contributed by atoms with van der Waals surface area (Å²) in [7, 11) is -1.28. The number of fused-ring (bicyclic) bond motifs is 1. The third kappa shape index (κ3) is 4.01. The van der Waals surface area contributed by atoms with Crippen molar-refractivity contribution in [3.63, 3.8) is 0 Å². The summed E-state index contributed by atoms with van der Waals surface area (Å²) in [5, 5.41) is 0.729. The highest BCUT2D eigenvalue weighted by Crippen LogP contribution is 2.26. The number of sulfonamides is 1. The average Bonchev–Trinajstić information content (AvgIpc) is 3.16. The van der Waals surface area contributed by atoms with E-state index in [-0.39, 0.29) is 22.0 Å². The monoisotopic (exact) mass is 416 g/mol. The first-order valence-corrected chi connectivity index (χ1v) is 10.2. The number of aromatic amines is 1. The van der Waals surface area contributed by atoms with Crippen molar-refractivity contribution in [1.82, 2.24) is 9.71 Å². The summed E-state index contributed by atoms with van der Waals surface area (Å²) in [5.41, 5.74) is 1.19. The highest BCUT2D eigenvalue weighted by atomic mass is 32.2. The minimum absolute atomic E-state index is 0.0156. The largest absolute Gasteiger partial charge is 0.495 e. The highest BCUT2D eigenvalue weighted by Gasteiger charge is 2.25. The number of esters is 1. The Balaban J connectivity index is 1.84. The highest BCUT2D eigenvalue weighted by molar-refractivity contribution is 7.89. The molecule has 2 aromatic carbocycles. The first kappa shape index (κ1) is 20.6. The van der Waals surface area contributed by atoms with Gasteiger partial charge in [0.05, 0.1) is 12.7 Å². The molecular formula is C20H20N2O6S. The lowest BCUT2D eigenvalue weighted by Crippen LogP contribution is -2.25. The Hall–Kier alpha value is -3.17. The van der Waals surface area contributed by atoms with Crippen LogP contribution in [0.2, 0.25) is 0 Å². The Morgan fingerprint density at radius 1 is 1.14 bits per heavy atom. The predicted octanol–water partition coefficient (Wildman–Crippen LogP) is 2.51. The van der Waals surface area contributed by atoms with Crippen LogP contribution in [0.5, 0.6) is 5.75 Å². The van der Waals surface area contributed by atoms with Crippen LogP contribution in [-0.2, 0) is 14.8 Å². The molecule has 0 radical (unpaired) electrons. The van der Waals surface area contributed by atoms with Gasteiger partial charge >= 0.3 is 5.97 Å². The van der Waals surface area contributed by atoms with E-state index in [0.29, 0.717) is 5.56 Å². The van der Waals surface area contributed by atoms with Crippen molar-refractivity contribution < 1.29 is 27.5 Å². The fourth-order valence-corrected chi connectivity index (χ4v) is 3.82. The molecule has 3 rings (SSSR count). The minimum atomic E-state index is -3.86. The molecule has 0 bridgehead atoms. The van der Waals surface area contributed by atoms with E-state index in [2.05, 4.69) is 9.71 Å². The number of carbonyl (C=O) groups is 2. The van der Waals surface area contributed by atoms with E-state index in [9.17, 15) is 18.0 Å². The smallest absolute Gasteiger partial charge is 0.338 e. The molecule has 0 amide bonds. The molecule has 2 N–H and O–H groups in total. The Morgan fingerprint density at radius 3 is 2.55 bits per heavy atom. The van der Waals surface area contributed by atoms with Crippen LogP contribution < -0.4 is 9.46 Å². The van der Waals surface area contributed by atoms with Crippen LogP contribution in [-0.4, -0.2) is 45.4 Å². The van der Waals surface area contributed by atoms with Crippen LogP contribution in [0.25, 0.3) is 10.9 Å². The lowest BCUT2D eigenvalue weighted by Gasteiger charge is -2.14. The normalized spacial score (nSPS) is 12.5. The number of benzene rings is 2. The van der Waals surface area contributed by atoms with Crippen LogP contribution in [0.1, 0.15) is 27.6 Å². The number of ketones is 1. The first-order chi connectivity index (χ1) is 13.8. The van der Waals surface area contributed by atoms with Gasteiger partial charge in [-0.05, 0) is 38.2 Å². The van der Waals surface area contributed by atoms with Crippen LogP contribution >= 0.6 is 0 Å². The maximum absolute atomic E-state index is 12.7. The summed E-state index contributed by atoms with van der Waals surface area (Å²) in [4.78, 5) is 28.1. The second-order valence-corrected chi connectivity index (χ2v) is 8.09. The van der Waals surface area contributed by atoms with E-state index in [4.69, 9.17) is 9.47 Å². The van der Waals surface area contributed by atoms with Crippen LogP contribution in [0, 0.1) is 0 Å². The van der Waals surface area contributed by atoms with E-state index in [0.717, 1.165) is 17.0 Å². The average molecular weight is 416 g/mol. The lowest BCUT2D eigenvalue weighted by atomic mass is 10.1. The van der Waals surface area contributed by atoms with Gasteiger partial charge in [0, 0.05) is 22.7 Å². The standard InChI is InChI=1S/C20H20N2O6S/c1-12(19(23)15-11-22-16-7-5-4-6-14(15)16)28-20(24)13-8-9-17(27-3)18(10-13)29(25,26)21-2/h4-12,21-22H,1-3H3/t12-/m1/s1. The third-order valence-corrected chi connectivity index (χ3v) is 5.90. The Labute approximate surface area is 167 Å². The summed E-state index contributed by atoms with van der Waals surface area (Å²) in [6.45, 7) is 1.47. The first-order valence-electron chi connectivity index (χ1n) is 8.71. The summed E-state index contributed by atoms with van der Waals surface area (Å²) in [6, 6.07) is 11.2. The van der Waals surface area contributed by atoms with Crippen molar-refractivity contribution in [2.45, 2.75) is 17.9 Å². The SMILES string of the molecule is CNS(=O)(=O)c1cc(C(=O)O[C@H](C)C(=O)c2c[nH]c3ccccc23)ccc1OC. The maximum Gasteiger partial charge on any atom is 0.338 e. The van der Waals surface area contributed by atoms with Crippen molar-refractivity contribution in [2.24, 2.45) is 0 Å². The number of rotatable bonds is 7. The quantitative estimate of drug-likeness (QED) is 0.452. The fourth-order valence-electron chi connectivity index (χ4n) is 2.90. The van der Waals surface area contributed by atoms with Gasteiger partial charge < -0.3 is 14.5 Å². The molecular weight excluding hydrogens is 396 g/mol. The van der Waals surface area contributed by atoms with Gasteiger partial charge in [-0.1, -0.05) is 18.2 Å². The molecule has 0 aliphatic carbocycles. The maximum atomic E-state index is 12.7. The molecule has 0 saturated heterocycles. The summed E-state index contributed by atoms with van der Waals surface area (Å²) in [6.07, 6.45) is 0.510. The fraction of sp³-hybridized carbons (Fsp3) is 0.200. The molecule has 1 heterocycles. The molecule has 0 aliphatic rings. The number of Topliss-reactive ketones (excluding diaryl/α,β-unsaturated/α-hetero) is 1. The Kier molecular flexibility index (Phi) is 5.71. The van der Waals surface area contributed by atoms with Crippen molar-refractivity contribution in [1.29, 1.82) is 0 Å². The van der Waals surface area contributed by atoms with Gasteiger partial charge in [0.25, 0.3) is 0 Å². The second kappa shape index (κ2) is 8.06. The number of methoxy groups -OCH3 is 1. The molecule has 1 atom stereocenters. The van der Waals surface area contributed by atoms with E-state index in [1.54, 1.807) is 12.3 Å². The molecule has 3 aromatic rings. The van der Waals surface area contributed by atoms with E-state index >= 15 is 0 Å². The van der Waals surface area contributed by atoms with Gasteiger partial charge in [-0.25, -0.2) is 17.9 Å². The molecule has 0 saturated carbocycles. The third-order valence-electron chi connectivity index (χ3n) is 4.47. The van der Waals surface area contributed by atoms with Gasteiger partial charge in [0.15, 0.2) is 6.10 Å². The number of carbonyl (C=O) groups excluding carboxylic acids is 2. The molecule has 0 unspecified atom stereocenters. The zero-order valence-corrected chi connectivity index (χ0v) is 16.9. The number of hydrogen-bond acceptors (Lipinski definition) is 6. The van der Waals surface area contributed by atoms with Crippen LogP contribution in [0.15, 0.2) is 53.6 Å². The van der Waals surface area contributed by atoms with Crippen molar-refractivity contribution in [2.75, 3.05) is 14.2 Å². The summed E-state index contributed by atoms with van der Waals surface area (Å²) >= 11 is 0. The predicted molar refractivity (Wildman–Crippen MR) is 107 cm³/mol. The number of hydrogen-bond donors (Lipinski definition) is 2. The van der Waals surface area contributed by atoms with E-state index in [1.165, 1.54) is 33.2 Å². The zero-order valence-electron chi connectivity index (χ0n) is 16.1. The van der Waals surface area contributed by atoms with Crippen LogP contribution in [0.4, 0.5) is 0 Å². The molecule has 29 heavy (non-hydrogen) atoms. The van der Waals surface area contributed by atoms with Gasteiger partial charge in [-0.3, -0.25) is 4.79 Å². The Bertz CT molecular complexity index is 1180. The number of para-hydroxylation sites is 1. The summed E-state index contributed by atoms with van der Waals surface area (Å²) < 4.78 is 36.8. The van der Waals surface area contributed by atoms with Crippen molar-refractivity contribution in [3.8, 4) is 5.75 Å². The summed E-state index contributed by atoms with van der Waals surface area (Å²) in [5.74, 6) is -1.10. The topological polar surface area (TPSA) is 115 Å². The molecule has 1 aromatic heterocycles. The van der Waals surface area contributed by atoms with Crippen LogP contribution in [0.3, 0.4) is 0 Å². The number of H-pyrrole nitrogens is 1. The number of ether oxygens (including phenoxy) is 2. The molecule has 0 aliphatic heterocycles. The van der Waals surface area contributed by atoms with Crippen molar-refractivity contribution >= 4 is 32.7 Å². The number of nitrogens with one attached hydrogen (secondary N) is 2. The molecule has 0 spiro atoms. The Morgan fingerprint density at radius 2 is 1.86 bits per heavy atom. The molecule has 9 heteroatoms. The van der Waals surface area contributed by atoms with Gasteiger partial charge in [0.2, 0.25) is 15.8 Å². The molecule has 8 nitrogen and oxygen atoms in total. The zero-order chi connectivity index (χ0) is 21.2. The van der Waals surface area contributed by atoms with E-state index < -0.39 is 22.1 Å². The second-order valence-electron chi connectivity index (χ2n) is 6.23. The number of aromatic nitrogens is 1. The van der Waals surface area contributed by atoms with Crippen molar-refractivity contribution in [3.05, 3.63) is 59.8 Å². The minimum Gasteiger partial charge on any atom is -0.495 e. The van der Waals surface area contributed by atoms with Gasteiger partial charge in [-0.15, -0.1) is 0 Å². The lowest BCUT2D eigenvalue weighted by molar-refractivity contribution is 0.0319. The molecule has 0 fully saturated rings. The molecule has 152 valence electrons. The van der Waals surface area contributed by atoms with Gasteiger partial charge in [0.1, 0.15) is 10.6 Å². The van der Waals surface area contributed by atoms with E-state index in [1.807, 2.05) is 18.2 Å². The van der Waals surface area contributed by atoms with Gasteiger partial charge in [-0.2, -0.15) is 0 Å².